The molecule has 7 heteroatoms. The molecule has 0 unspecified atom stereocenters. The van der Waals surface area contributed by atoms with Gasteiger partial charge in [0.05, 0.1) is 5.01 Å². The van der Waals surface area contributed by atoms with E-state index in [1.54, 1.807) is 11.3 Å². The van der Waals surface area contributed by atoms with Crippen molar-refractivity contribution >= 4 is 23.2 Å². The Morgan fingerprint density at radius 1 is 1.27 bits per heavy atom. The van der Waals surface area contributed by atoms with Crippen LogP contribution >= 0.6 is 11.3 Å². The number of hydrogen-bond acceptors (Lipinski definition) is 4. The number of amides is 1. The molecule has 0 aliphatic heterocycles. The van der Waals surface area contributed by atoms with Crippen LogP contribution in [0.2, 0.25) is 0 Å². The van der Waals surface area contributed by atoms with Gasteiger partial charge in [-0.2, -0.15) is 0 Å². The Labute approximate surface area is 136 Å². The van der Waals surface area contributed by atoms with E-state index < -0.39 is 0 Å². The molecule has 0 aromatic carbocycles. The smallest absolute Gasteiger partial charge is 0.221 e. The molecule has 6 nitrogen and oxygen atoms in total. The summed E-state index contributed by atoms with van der Waals surface area (Å²) in [5, 5.41) is 10.3. The van der Waals surface area contributed by atoms with Crippen LogP contribution in [0, 0.1) is 6.92 Å². The lowest BCUT2D eigenvalue weighted by Crippen LogP contribution is -2.39. The van der Waals surface area contributed by atoms with Crippen LogP contribution in [0.15, 0.2) is 11.2 Å². The number of hydrogen-bond donors (Lipinski definition) is 3. The van der Waals surface area contributed by atoms with Gasteiger partial charge in [0.25, 0.3) is 0 Å². The van der Waals surface area contributed by atoms with Gasteiger partial charge in [-0.3, -0.25) is 9.79 Å². The van der Waals surface area contributed by atoms with E-state index in [1.165, 1.54) is 4.88 Å². The van der Waals surface area contributed by atoms with Gasteiger partial charge >= 0.3 is 0 Å². The van der Waals surface area contributed by atoms with Gasteiger partial charge in [0.15, 0.2) is 5.96 Å². The number of nitrogens with zero attached hydrogens (tertiary/aromatic N) is 2. The van der Waals surface area contributed by atoms with E-state index in [1.807, 2.05) is 20.0 Å². The molecule has 124 valence electrons. The molecule has 22 heavy (non-hydrogen) atoms. The maximum absolute atomic E-state index is 11.5. The highest BCUT2D eigenvalue weighted by atomic mass is 32.1. The summed E-state index contributed by atoms with van der Waals surface area (Å²) < 4.78 is 0. The molecule has 0 fully saturated rings. The van der Waals surface area contributed by atoms with E-state index in [4.69, 9.17) is 0 Å². The van der Waals surface area contributed by atoms with Crippen LogP contribution in [-0.4, -0.2) is 43.0 Å². The van der Waals surface area contributed by atoms with Crippen molar-refractivity contribution in [1.29, 1.82) is 0 Å². The molecular formula is C15H27N5OS. The summed E-state index contributed by atoms with van der Waals surface area (Å²) in [6.07, 6.45) is 4.14. The van der Waals surface area contributed by atoms with E-state index in [2.05, 4.69) is 32.9 Å². The first-order chi connectivity index (χ1) is 10.7. The van der Waals surface area contributed by atoms with E-state index >= 15 is 0 Å². The van der Waals surface area contributed by atoms with Crippen molar-refractivity contribution in [3.63, 3.8) is 0 Å². The van der Waals surface area contributed by atoms with Crippen LogP contribution in [0.1, 0.15) is 36.6 Å². The normalized spacial score (nSPS) is 11.3. The molecule has 1 rings (SSSR count). The van der Waals surface area contributed by atoms with Crippen molar-refractivity contribution in [2.75, 3.05) is 26.2 Å². The zero-order valence-corrected chi connectivity index (χ0v) is 14.6. The predicted molar refractivity (Wildman–Crippen MR) is 92.5 cm³/mol. The summed E-state index contributed by atoms with van der Waals surface area (Å²) in [5.41, 5.74) is 0. The average molecular weight is 325 g/mol. The number of thiazole rings is 1. The number of aromatic nitrogens is 1. The SMILES string of the molecule is CCCNC(=O)CCNC(=NCCc1ncc(C)s1)NCC. The molecule has 0 spiro atoms. The number of carbonyl (C=O) groups is 1. The Morgan fingerprint density at radius 3 is 2.73 bits per heavy atom. The second-order valence-electron chi connectivity index (χ2n) is 4.90. The molecular weight excluding hydrogens is 298 g/mol. The predicted octanol–water partition coefficient (Wildman–Crippen LogP) is 1.47. The number of carbonyl (C=O) groups excluding carboxylic acids is 1. The third-order valence-electron chi connectivity index (χ3n) is 2.83. The van der Waals surface area contributed by atoms with Crippen LogP contribution in [-0.2, 0) is 11.2 Å². The number of nitrogens with one attached hydrogen (secondary N) is 3. The van der Waals surface area contributed by atoms with Gasteiger partial charge in [0, 0.05) is 50.1 Å². The minimum Gasteiger partial charge on any atom is -0.357 e. The van der Waals surface area contributed by atoms with Crippen LogP contribution < -0.4 is 16.0 Å². The van der Waals surface area contributed by atoms with E-state index in [-0.39, 0.29) is 5.91 Å². The fraction of sp³-hybridized carbons (Fsp3) is 0.667. The maximum Gasteiger partial charge on any atom is 0.221 e. The monoisotopic (exact) mass is 325 g/mol. The number of guanidine groups is 1. The first-order valence-electron chi connectivity index (χ1n) is 7.85. The number of aryl methyl sites for hydroxylation is 1. The molecule has 0 saturated carbocycles. The van der Waals surface area contributed by atoms with Gasteiger partial charge in [-0.1, -0.05) is 6.92 Å². The van der Waals surface area contributed by atoms with Gasteiger partial charge in [-0.05, 0) is 20.3 Å². The highest BCUT2D eigenvalue weighted by Gasteiger charge is 2.02. The van der Waals surface area contributed by atoms with E-state index in [9.17, 15) is 4.79 Å². The van der Waals surface area contributed by atoms with Crippen LogP contribution in [0.4, 0.5) is 0 Å². The van der Waals surface area contributed by atoms with Gasteiger partial charge in [0.2, 0.25) is 5.91 Å². The molecule has 1 amide bonds. The molecule has 1 heterocycles. The standard InChI is InChI=1S/C15H27N5OS/c1-4-8-17-13(21)6-9-18-15(16-5-2)19-10-7-14-20-11-12(3)22-14/h11H,4-10H2,1-3H3,(H,17,21)(H2,16,18,19). The molecule has 0 aliphatic rings. The Bertz CT molecular complexity index is 472. The van der Waals surface area contributed by atoms with Crippen molar-refractivity contribution < 1.29 is 4.79 Å². The molecule has 3 N–H and O–H groups in total. The zero-order valence-electron chi connectivity index (χ0n) is 13.7. The second kappa shape index (κ2) is 11.0. The second-order valence-corrected chi connectivity index (χ2v) is 6.22. The van der Waals surface area contributed by atoms with E-state index in [0.29, 0.717) is 19.5 Å². The van der Waals surface area contributed by atoms with Crippen LogP contribution in [0.5, 0.6) is 0 Å². The fourth-order valence-electron chi connectivity index (χ4n) is 1.77. The van der Waals surface area contributed by atoms with Crippen molar-refractivity contribution in [3.05, 3.63) is 16.1 Å². The molecule has 1 aromatic rings. The third kappa shape index (κ3) is 7.97. The van der Waals surface area contributed by atoms with Crippen molar-refractivity contribution in [3.8, 4) is 0 Å². The van der Waals surface area contributed by atoms with Gasteiger partial charge < -0.3 is 16.0 Å². The number of rotatable bonds is 9. The first kappa shape index (κ1) is 18.4. The summed E-state index contributed by atoms with van der Waals surface area (Å²) >= 11 is 1.71. The van der Waals surface area contributed by atoms with Gasteiger partial charge in [-0.25, -0.2) is 4.98 Å². The van der Waals surface area contributed by atoms with Crippen molar-refractivity contribution in [2.24, 2.45) is 4.99 Å². The highest BCUT2D eigenvalue weighted by Crippen LogP contribution is 2.11. The lowest BCUT2D eigenvalue weighted by Gasteiger charge is -2.11. The Morgan fingerprint density at radius 2 is 2.09 bits per heavy atom. The third-order valence-corrected chi connectivity index (χ3v) is 3.80. The minimum absolute atomic E-state index is 0.0726. The average Bonchev–Trinajstić information content (AvgIpc) is 2.90. The van der Waals surface area contributed by atoms with Crippen molar-refractivity contribution in [2.45, 2.75) is 40.0 Å². The quantitative estimate of drug-likeness (QED) is 0.474. The molecule has 0 atom stereocenters. The maximum atomic E-state index is 11.5. The van der Waals surface area contributed by atoms with Crippen molar-refractivity contribution in [1.82, 2.24) is 20.9 Å². The molecule has 0 radical (unpaired) electrons. The van der Waals surface area contributed by atoms with Gasteiger partial charge in [0.1, 0.15) is 0 Å². The largest absolute Gasteiger partial charge is 0.357 e. The minimum atomic E-state index is 0.0726. The Kier molecular flexibility index (Phi) is 9.21. The summed E-state index contributed by atoms with van der Waals surface area (Å²) in [6, 6.07) is 0. The van der Waals surface area contributed by atoms with Crippen LogP contribution in [0.3, 0.4) is 0 Å². The Hall–Kier alpha value is -1.63. The first-order valence-corrected chi connectivity index (χ1v) is 8.67. The van der Waals surface area contributed by atoms with Gasteiger partial charge in [-0.15, -0.1) is 11.3 Å². The molecule has 0 bridgehead atoms. The summed E-state index contributed by atoms with van der Waals surface area (Å²) in [6.45, 7) is 8.92. The summed E-state index contributed by atoms with van der Waals surface area (Å²) in [7, 11) is 0. The summed E-state index contributed by atoms with van der Waals surface area (Å²) in [5.74, 6) is 0.822. The highest BCUT2D eigenvalue weighted by molar-refractivity contribution is 7.11. The number of aliphatic imine (C=N–C) groups is 1. The topological polar surface area (TPSA) is 78.4 Å². The van der Waals surface area contributed by atoms with E-state index in [0.717, 1.165) is 36.9 Å². The summed E-state index contributed by atoms with van der Waals surface area (Å²) in [4.78, 5) is 21.6. The lowest BCUT2D eigenvalue weighted by molar-refractivity contribution is -0.120. The molecule has 0 aliphatic carbocycles. The molecule has 0 saturated heterocycles. The zero-order chi connectivity index (χ0) is 16.2. The fourth-order valence-corrected chi connectivity index (χ4v) is 2.55. The lowest BCUT2D eigenvalue weighted by atomic mass is 10.4. The Balaban J connectivity index is 2.30. The van der Waals surface area contributed by atoms with Crippen LogP contribution in [0.25, 0.3) is 0 Å². The molecule has 1 aromatic heterocycles.